The van der Waals surface area contributed by atoms with E-state index in [0.717, 1.165) is 26.2 Å². The second-order valence-electron chi connectivity index (χ2n) is 5.69. The molecule has 2 atom stereocenters. The van der Waals surface area contributed by atoms with E-state index in [1.165, 1.54) is 0 Å². The lowest BCUT2D eigenvalue weighted by atomic mass is 10.1. The smallest absolute Gasteiger partial charge is 0.0600 e. The lowest BCUT2D eigenvalue weighted by Gasteiger charge is -2.36. The number of piperazine rings is 1. The molecular formula is C12H26N2O. The summed E-state index contributed by atoms with van der Waals surface area (Å²) in [6.45, 7) is 15.0. The van der Waals surface area contributed by atoms with Gasteiger partial charge in [0, 0.05) is 31.7 Å². The first kappa shape index (κ1) is 12.9. The Morgan fingerprint density at radius 2 is 1.73 bits per heavy atom. The largest absolute Gasteiger partial charge is 0.375 e. The number of nitrogens with zero attached hydrogens (tertiary/aromatic N) is 1. The normalized spacial score (nSPS) is 29.4. The van der Waals surface area contributed by atoms with Gasteiger partial charge < -0.3 is 10.1 Å². The molecule has 1 N–H and O–H groups in total. The van der Waals surface area contributed by atoms with Gasteiger partial charge in [-0.15, -0.1) is 0 Å². The molecular weight excluding hydrogens is 188 g/mol. The number of rotatable bonds is 3. The Morgan fingerprint density at radius 1 is 1.20 bits per heavy atom. The van der Waals surface area contributed by atoms with Gasteiger partial charge in [-0.25, -0.2) is 0 Å². The van der Waals surface area contributed by atoms with Crippen LogP contribution in [0.2, 0.25) is 0 Å². The van der Waals surface area contributed by atoms with Crippen LogP contribution in [0.4, 0.5) is 0 Å². The predicted octanol–water partition coefficient (Wildman–Crippen LogP) is 1.48. The summed E-state index contributed by atoms with van der Waals surface area (Å²) in [4.78, 5) is 2.48. The van der Waals surface area contributed by atoms with E-state index in [1.807, 2.05) is 0 Å². The van der Waals surface area contributed by atoms with E-state index in [2.05, 4.69) is 44.8 Å². The van der Waals surface area contributed by atoms with Crippen molar-refractivity contribution in [2.24, 2.45) is 0 Å². The van der Waals surface area contributed by atoms with E-state index in [0.29, 0.717) is 12.1 Å². The van der Waals surface area contributed by atoms with Crippen LogP contribution < -0.4 is 5.32 Å². The van der Waals surface area contributed by atoms with E-state index in [9.17, 15) is 0 Å². The van der Waals surface area contributed by atoms with Crippen molar-refractivity contribution in [1.29, 1.82) is 0 Å². The molecule has 0 aliphatic carbocycles. The molecule has 3 nitrogen and oxygen atoms in total. The van der Waals surface area contributed by atoms with Crippen LogP contribution in [0.3, 0.4) is 0 Å². The van der Waals surface area contributed by atoms with Crippen molar-refractivity contribution in [2.75, 3.05) is 26.2 Å². The number of hydrogen-bond acceptors (Lipinski definition) is 3. The number of hydrogen-bond donors (Lipinski definition) is 1. The highest BCUT2D eigenvalue weighted by atomic mass is 16.5. The molecule has 0 aromatic carbocycles. The van der Waals surface area contributed by atoms with Crippen LogP contribution in [0.1, 0.15) is 34.6 Å². The second kappa shape index (κ2) is 5.28. The highest BCUT2D eigenvalue weighted by Gasteiger charge is 2.20. The van der Waals surface area contributed by atoms with Crippen molar-refractivity contribution in [3.8, 4) is 0 Å². The minimum absolute atomic E-state index is 0.00866. The first-order valence-electron chi connectivity index (χ1n) is 5.99. The zero-order valence-electron chi connectivity index (χ0n) is 10.8. The number of ether oxygens (including phenoxy) is 1. The van der Waals surface area contributed by atoms with Crippen molar-refractivity contribution in [3.63, 3.8) is 0 Å². The molecule has 1 fully saturated rings. The van der Waals surface area contributed by atoms with E-state index >= 15 is 0 Å². The Bertz CT molecular complexity index is 179. The molecule has 0 aromatic heterocycles. The third-order valence-electron chi connectivity index (χ3n) is 2.58. The Kier molecular flexibility index (Phi) is 4.56. The molecule has 15 heavy (non-hydrogen) atoms. The molecule has 0 spiro atoms. The molecule has 3 heteroatoms. The molecule has 1 aliphatic heterocycles. The van der Waals surface area contributed by atoms with Crippen LogP contribution in [-0.2, 0) is 4.74 Å². The summed E-state index contributed by atoms with van der Waals surface area (Å²) in [5.41, 5.74) is -0.00866. The maximum absolute atomic E-state index is 5.74. The van der Waals surface area contributed by atoms with Gasteiger partial charge in [0.05, 0.1) is 12.2 Å². The molecule has 90 valence electrons. The van der Waals surface area contributed by atoms with Gasteiger partial charge >= 0.3 is 0 Å². The third-order valence-corrected chi connectivity index (χ3v) is 2.58. The van der Waals surface area contributed by atoms with Gasteiger partial charge in [-0.1, -0.05) is 0 Å². The molecule has 2 unspecified atom stereocenters. The van der Waals surface area contributed by atoms with Gasteiger partial charge in [0.1, 0.15) is 0 Å². The van der Waals surface area contributed by atoms with Crippen molar-refractivity contribution < 1.29 is 4.74 Å². The van der Waals surface area contributed by atoms with Crippen molar-refractivity contribution in [1.82, 2.24) is 10.2 Å². The van der Waals surface area contributed by atoms with Crippen molar-refractivity contribution >= 4 is 0 Å². The van der Waals surface area contributed by atoms with Crippen molar-refractivity contribution in [2.45, 2.75) is 52.3 Å². The summed E-state index contributed by atoms with van der Waals surface area (Å²) in [7, 11) is 0. The fraction of sp³-hybridized carbons (Fsp3) is 1.00. The molecule has 0 aromatic rings. The summed E-state index contributed by atoms with van der Waals surface area (Å²) in [5.74, 6) is 0. The minimum atomic E-state index is -0.00866. The number of nitrogens with one attached hydrogen (secondary N) is 1. The molecule has 0 amide bonds. The van der Waals surface area contributed by atoms with Crippen LogP contribution in [-0.4, -0.2) is 48.8 Å². The van der Waals surface area contributed by atoms with E-state index < -0.39 is 0 Å². The van der Waals surface area contributed by atoms with Crippen LogP contribution in [0.25, 0.3) is 0 Å². The molecule has 0 bridgehead atoms. The lowest BCUT2D eigenvalue weighted by molar-refractivity contribution is -0.0168. The Labute approximate surface area is 94.2 Å². The van der Waals surface area contributed by atoms with Crippen LogP contribution in [0.5, 0.6) is 0 Å². The molecule has 0 saturated carbocycles. The zero-order valence-corrected chi connectivity index (χ0v) is 10.8. The van der Waals surface area contributed by atoms with Crippen LogP contribution >= 0.6 is 0 Å². The Morgan fingerprint density at radius 3 is 2.20 bits per heavy atom. The highest BCUT2D eigenvalue weighted by molar-refractivity contribution is 4.80. The zero-order chi connectivity index (χ0) is 11.5. The third kappa shape index (κ3) is 5.50. The maximum atomic E-state index is 5.74. The summed E-state index contributed by atoms with van der Waals surface area (Å²) >= 11 is 0. The Hall–Kier alpha value is -0.120. The Balaban J connectivity index is 2.21. The van der Waals surface area contributed by atoms with Gasteiger partial charge in [0.25, 0.3) is 0 Å². The topological polar surface area (TPSA) is 24.5 Å². The molecule has 1 saturated heterocycles. The summed E-state index contributed by atoms with van der Waals surface area (Å²) in [5, 5.41) is 3.53. The molecule has 1 rings (SSSR count). The van der Waals surface area contributed by atoms with E-state index in [-0.39, 0.29) is 5.60 Å². The van der Waals surface area contributed by atoms with Gasteiger partial charge in [-0.3, -0.25) is 4.90 Å². The highest BCUT2D eigenvalue weighted by Crippen LogP contribution is 2.08. The quantitative estimate of drug-likeness (QED) is 0.770. The molecule has 1 heterocycles. The fourth-order valence-corrected chi connectivity index (χ4v) is 2.10. The lowest BCUT2D eigenvalue weighted by Crippen LogP contribution is -2.54. The average molecular weight is 214 g/mol. The van der Waals surface area contributed by atoms with E-state index in [4.69, 9.17) is 4.74 Å². The second-order valence-corrected chi connectivity index (χ2v) is 5.69. The molecule has 1 aliphatic rings. The first-order chi connectivity index (χ1) is 6.87. The average Bonchev–Trinajstić information content (AvgIpc) is 1.99. The van der Waals surface area contributed by atoms with E-state index in [1.54, 1.807) is 0 Å². The van der Waals surface area contributed by atoms with Gasteiger partial charge in [0.15, 0.2) is 0 Å². The van der Waals surface area contributed by atoms with Crippen molar-refractivity contribution in [3.05, 3.63) is 0 Å². The maximum Gasteiger partial charge on any atom is 0.0600 e. The summed E-state index contributed by atoms with van der Waals surface area (Å²) in [6.07, 6.45) is 0. The van der Waals surface area contributed by atoms with Crippen LogP contribution in [0, 0.1) is 0 Å². The fourth-order valence-electron chi connectivity index (χ4n) is 2.10. The standard InChI is InChI=1S/C12H26N2O/c1-10-8-14(9-11(2)13-10)6-7-15-12(3,4)5/h10-11,13H,6-9H2,1-5H3. The van der Waals surface area contributed by atoms with Gasteiger partial charge in [-0.05, 0) is 34.6 Å². The molecule has 0 radical (unpaired) electrons. The van der Waals surface area contributed by atoms with Gasteiger partial charge in [-0.2, -0.15) is 0 Å². The van der Waals surface area contributed by atoms with Crippen LogP contribution in [0.15, 0.2) is 0 Å². The minimum Gasteiger partial charge on any atom is -0.375 e. The first-order valence-corrected chi connectivity index (χ1v) is 5.99. The van der Waals surface area contributed by atoms with Gasteiger partial charge in [0.2, 0.25) is 0 Å². The predicted molar refractivity (Wildman–Crippen MR) is 64.2 cm³/mol. The summed E-state index contributed by atoms with van der Waals surface area (Å²) in [6, 6.07) is 1.20. The SMILES string of the molecule is CC1CN(CCOC(C)(C)C)CC(C)N1. The monoisotopic (exact) mass is 214 g/mol. The summed E-state index contributed by atoms with van der Waals surface area (Å²) < 4.78 is 5.74.